The van der Waals surface area contributed by atoms with E-state index in [2.05, 4.69) is 40.2 Å². The molecule has 2 aromatic carbocycles. The number of carbonyl (C=O) groups is 1. The van der Waals surface area contributed by atoms with E-state index in [9.17, 15) is 4.79 Å². The Morgan fingerprint density at radius 1 is 1.16 bits per heavy atom. The number of rotatable bonds is 5. The molecule has 4 nitrogen and oxygen atoms in total. The van der Waals surface area contributed by atoms with E-state index in [1.165, 1.54) is 11.1 Å². The van der Waals surface area contributed by atoms with Crippen LogP contribution in [-0.2, 0) is 24.2 Å². The van der Waals surface area contributed by atoms with Gasteiger partial charge in [0.1, 0.15) is 5.75 Å². The molecule has 0 saturated carbocycles. The maximum Gasteiger partial charge on any atom is 0.222 e. The fourth-order valence-corrected chi connectivity index (χ4v) is 3.68. The summed E-state index contributed by atoms with van der Waals surface area (Å²) in [5.74, 6) is 0.969. The number of aromatic nitrogens is 1. The van der Waals surface area contributed by atoms with Crippen molar-refractivity contribution in [3.05, 3.63) is 65.9 Å². The van der Waals surface area contributed by atoms with Crippen molar-refractivity contribution >= 4 is 16.8 Å². The van der Waals surface area contributed by atoms with Gasteiger partial charge in [0.05, 0.1) is 7.11 Å². The highest BCUT2D eigenvalue weighted by atomic mass is 16.5. The Kier molecular flexibility index (Phi) is 4.18. The van der Waals surface area contributed by atoms with E-state index < -0.39 is 0 Å². The number of fused-ring (bicyclic) bond motifs is 2. The molecule has 0 radical (unpaired) electrons. The Hall–Kier alpha value is -2.75. The molecule has 1 aliphatic rings. The third-order valence-corrected chi connectivity index (χ3v) is 4.97. The maximum absolute atomic E-state index is 12.3. The highest BCUT2D eigenvalue weighted by molar-refractivity contribution is 5.82. The number of amides is 1. The lowest BCUT2D eigenvalue weighted by molar-refractivity contribution is -0.121. The topological polar surface area (TPSA) is 43.3 Å². The molecule has 4 heteroatoms. The molecular formula is C21H22N2O2. The van der Waals surface area contributed by atoms with Gasteiger partial charge >= 0.3 is 0 Å². The predicted octanol–water partition coefficient (Wildman–Crippen LogP) is 3.32. The number of methoxy groups -OCH3 is 1. The molecule has 0 atom stereocenters. The molecule has 1 aliphatic carbocycles. The minimum atomic E-state index is 0.119. The molecular weight excluding hydrogens is 312 g/mol. The molecule has 4 rings (SSSR count). The smallest absolute Gasteiger partial charge is 0.222 e. The lowest BCUT2D eigenvalue weighted by atomic mass is 10.1. The quantitative estimate of drug-likeness (QED) is 0.778. The molecule has 128 valence electrons. The first-order valence-electron chi connectivity index (χ1n) is 8.72. The van der Waals surface area contributed by atoms with Crippen LogP contribution < -0.4 is 10.1 Å². The van der Waals surface area contributed by atoms with Gasteiger partial charge in [-0.05, 0) is 48.2 Å². The summed E-state index contributed by atoms with van der Waals surface area (Å²) in [7, 11) is 1.67. The van der Waals surface area contributed by atoms with Crippen LogP contribution in [-0.4, -0.2) is 23.6 Å². The zero-order chi connectivity index (χ0) is 17.2. The summed E-state index contributed by atoms with van der Waals surface area (Å²) in [4.78, 5) is 12.3. The molecule has 0 saturated heterocycles. The van der Waals surface area contributed by atoms with E-state index in [4.69, 9.17) is 4.74 Å². The number of aryl methyl sites for hydroxylation is 1. The molecule has 0 fully saturated rings. The lowest BCUT2D eigenvalue weighted by Crippen LogP contribution is -2.35. The molecule has 0 unspecified atom stereocenters. The molecule has 1 aromatic heterocycles. The monoisotopic (exact) mass is 334 g/mol. The summed E-state index contributed by atoms with van der Waals surface area (Å²) in [5.41, 5.74) is 3.85. The fraction of sp³-hybridized carbons (Fsp3) is 0.286. The van der Waals surface area contributed by atoms with Crippen LogP contribution in [0.5, 0.6) is 5.75 Å². The third kappa shape index (κ3) is 3.25. The van der Waals surface area contributed by atoms with Crippen LogP contribution in [0, 0.1) is 0 Å². The number of nitrogens with one attached hydrogen (secondary N) is 1. The van der Waals surface area contributed by atoms with Crippen LogP contribution in [0.3, 0.4) is 0 Å². The number of nitrogens with zero attached hydrogens (tertiary/aromatic N) is 1. The summed E-state index contributed by atoms with van der Waals surface area (Å²) in [6.45, 7) is 0.682. The fourth-order valence-electron chi connectivity index (χ4n) is 3.68. The molecule has 3 aromatic rings. The van der Waals surface area contributed by atoms with Crippen molar-refractivity contribution in [1.82, 2.24) is 9.88 Å². The van der Waals surface area contributed by atoms with E-state index in [0.29, 0.717) is 13.0 Å². The highest BCUT2D eigenvalue weighted by Crippen LogP contribution is 2.23. The molecule has 1 amide bonds. The van der Waals surface area contributed by atoms with Crippen molar-refractivity contribution in [2.75, 3.05) is 7.11 Å². The van der Waals surface area contributed by atoms with Gasteiger partial charge in [0.2, 0.25) is 5.91 Å². The minimum absolute atomic E-state index is 0.119. The van der Waals surface area contributed by atoms with Gasteiger partial charge < -0.3 is 14.6 Å². The van der Waals surface area contributed by atoms with Gasteiger partial charge in [0.15, 0.2) is 0 Å². The highest BCUT2D eigenvalue weighted by Gasteiger charge is 2.22. The molecule has 0 spiro atoms. The number of hydrogen-bond acceptors (Lipinski definition) is 2. The van der Waals surface area contributed by atoms with Crippen molar-refractivity contribution in [3.63, 3.8) is 0 Å². The van der Waals surface area contributed by atoms with Crippen LogP contribution in [0.1, 0.15) is 17.5 Å². The zero-order valence-corrected chi connectivity index (χ0v) is 14.4. The Labute approximate surface area is 147 Å². The van der Waals surface area contributed by atoms with Crippen molar-refractivity contribution in [2.45, 2.75) is 31.8 Å². The number of hydrogen-bond donors (Lipinski definition) is 1. The van der Waals surface area contributed by atoms with E-state index in [1.54, 1.807) is 7.11 Å². The second kappa shape index (κ2) is 6.63. The van der Waals surface area contributed by atoms with Crippen LogP contribution in [0.4, 0.5) is 0 Å². The largest absolute Gasteiger partial charge is 0.497 e. The van der Waals surface area contributed by atoms with Crippen molar-refractivity contribution < 1.29 is 9.53 Å². The van der Waals surface area contributed by atoms with Gasteiger partial charge in [-0.1, -0.05) is 24.3 Å². The summed E-state index contributed by atoms with van der Waals surface area (Å²) < 4.78 is 7.38. The zero-order valence-electron chi connectivity index (χ0n) is 14.4. The SMILES string of the molecule is COc1ccc2c(ccn2CCC(=O)NC2Cc3ccccc3C2)c1. The van der Waals surface area contributed by atoms with Gasteiger partial charge in [-0.25, -0.2) is 0 Å². The first kappa shape index (κ1) is 15.8. The van der Waals surface area contributed by atoms with Gasteiger partial charge in [-0.3, -0.25) is 4.79 Å². The average Bonchev–Trinajstić information content (AvgIpc) is 3.22. The van der Waals surface area contributed by atoms with Gasteiger partial charge in [-0.15, -0.1) is 0 Å². The molecule has 1 N–H and O–H groups in total. The predicted molar refractivity (Wildman–Crippen MR) is 98.9 cm³/mol. The standard InChI is InChI=1S/C21H22N2O2/c1-25-19-6-7-20-17(14-19)8-10-23(20)11-9-21(24)22-18-12-15-4-2-3-5-16(15)13-18/h2-8,10,14,18H,9,11-13H2,1H3,(H,22,24). The van der Waals surface area contributed by atoms with Crippen molar-refractivity contribution in [3.8, 4) is 5.75 Å². The second-order valence-electron chi connectivity index (χ2n) is 6.63. The van der Waals surface area contributed by atoms with Crippen LogP contribution in [0.15, 0.2) is 54.7 Å². The first-order chi connectivity index (χ1) is 12.2. The summed E-state index contributed by atoms with van der Waals surface area (Å²) >= 11 is 0. The second-order valence-corrected chi connectivity index (χ2v) is 6.63. The Morgan fingerprint density at radius 2 is 1.92 bits per heavy atom. The third-order valence-electron chi connectivity index (χ3n) is 4.97. The van der Waals surface area contributed by atoms with Gasteiger partial charge in [0, 0.05) is 36.1 Å². The first-order valence-corrected chi connectivity index (χ1v) is 8.72. The number of carbonyl (C=O) groups excluding carboxylic acids is 1. The minimum Gasteiger partial charge on any atom is -0.497 e. The van der Waals surface area contributed by atoms with E-state index >= 15 is 0 Å². The Balaban J connectivity index is 1.35. The van der Waals surface area contributed by atoms with E-state index in [0.717, 1.165) is 29.5 Å². The van der Waals surface area contributed by atoms with Crippen LogP contribution in [0.25, 0.3) is 10.9 Å². The summed E-state index contributed by atoms with van der Waals surface area (Å²) in [5, 5.41) is 4.31. The van der Waals surface area contributed by atoms with Crippen molar-refractivity contribution in [2.24, 2.45) is 0 Å². The Morgan fingerprint density at radius 3 is 2.64 bits per heavy atom. The van der Waals surface area contributed by atoms with Gasteiger partial charge in [-0.2, -0.15) is 0 Å². The average molecular weight is 334 g/mol. The molecule has 0 bridgehead atoms. The normalized spacial score (nSPS) is 13.8. The van der Waals surface area contributed by atoms with Gasteiger partial charge in [0.25, 0.3) is 0 Å². The molecule has 0 aliphatic heterocycles. The Bertz CT molecular complexity index is 888. The van der Waals surface area contributed by atoms with Crippen LogP contribution in [0.2, 0.25) is 0 Å². The lowest BCUT2D eigenvalue weighted by Gasteiger charge is -2.12. The summed E-state index contributed by atoms with van der Waals surface area (Å²) in [6, 6.07) is 16.7. The van der Waals surface area contributed by atoms with Crippen LogP contribution >= 0.6 is 0 Å². The molecule has 25 heavy (non-hydrogen) atoms. The molecule has 1 heterocycles. The van der Waals surface area contributed by atoms with E-state index in [1.807, 2.05) is 24.4 Å². The number of ether oxygens (including phenoxy) is 1. The van der Waals surface area contributed by atoms with E-state index in [-0.39, 0.29) is 11.9 Å². The maximum atomic E-state index is 12.3. The summed E-state index contributed by atoms with van der Waals surface area (Å²) in [6.07, 6.45) is 4.40. The number of benzene rings is 2. The van der Waals surface area contributed by atoms with Crippen molar-refractivity contribution in [1.29, 1.82) is 0 Å².